The number of rotatable bonds is 2. The molecular weight excluding hydrogens is 272 g/mol. The Morgan fingerprint density at radius 2 is 1.95 bits per heavy atom. The fourth-order valence-corrected chi connectivity index (χ4v) is 3.61. The van der Waals surface area contributed by atoms with Crippen LogP contribution in [0.2, 0.25) is 0 Å². The van der Waals surface area contributed by atoms with E-state index in [0.717, 1.165) is 18.7 Å². The van der Waals surface area contributed by atoms with Crippen LogP contribution in [0.25, 0.3) is 0 Å². The van der Waals surface area contributed by atoms with E-state index in [4.69, 9.17) is 4.74 Å². The Hall–Kier alpha value is -1.58. The molecule has 0 radical (unpaired) electrons. The molecule has 0 amide bonds. The monoisotopic (exact) mass is 296 g/mol. The smallest absolute Gasteiger partial charge is 0.124 e. The molecule has 116 valence electrons. The Morgan fingerprint density at radius 1 is 1.14 bits per heavy atom. The summed E-state index contributed by atoms with van der Waals surface area (Å²) >= 11 is 0. The number of para-hydroxylation sites is 1. The fourth-order valence-electron chi connectivity index (χ4n) is 3.61. The predicted molar refractivity (Wildman–Crippen MR) is 89.2 cm³/mol. The van der Waals surface area contributed by atoms with Gasteiger partial charge in [0.1, 0.15) is 11.9 Å². The summed E-state index contributed by atoms with van der Waals surface area (Å²) in [5.41, 5.74) is 2.74. The maximum Gasteiger partial charge on any atom is 0.124 e. The van der Waals surface area contributed by atoms with Gasteiger partial charge in [-0.2, -0.15) is 0 Å². The molecule has 3 aliphatic rings. The summed E-state index contributed by atoms with van der Waals surface area (Å²) in [4.78, 5) is 4.95. The highest BCUT2D eigenvalue weighted by molar-refractivity contribution is 5.40. The van der Waals surface area contributed by atoms with Crippen LogP contribution < -0.4 is 4.74 Å². The van der Waals surface area contributed by atoms with Gasteiger partial charge in [-0.15, -0.1) is 0 Å². The van der Waals surface area contributed by atoms with Crippen molar-refractivity contribution in [3.05, 3.63) is 53.6 Å². The first-order chi connectivity index (χ1) is 10.8. The average molecular weight is 296 g/mol. The zero-order valence-electron chi connectivity index (χ0n) is 13.2. The Balaban J connectivity index is 1.45. The van der Waals surface area contributed by atoms with Crippen LogP contribution in [0.4, 0.5) is 0 Å². The van der Waals surface area contributed by atoms with Gasteiger partial charge in [-0.1, -0.05) is 30.4 Å². The van der Waals surface area contributed by atoms with Gasteiger partial charge in [0.25, 0.3) is 0 Å². The van der Waals surface area contributed by atoms with Gasteiger partial charge in [0.15, 0.2) is 0 Å². The quantitative estimate of drug-likeness (QED) is 0.833. The third-order valence-electron chi connectivity index (χ3n) is 5.05. The van der Waals surface area contributed by atoms with Crippen LogP contribution in [0.5, 0.6) is 5.75 Å². The fraction of sp³-hybridized carbons (Fsp3) is 0.474. The molecule has 2 unspecified atom stereocenters. The van der Waals surface area contributed by atoms with Crippen molar-refractivity contribution in [1.82, 2.24) is 9.80 Å². The van der Waals surface area contributed by atoms with Crippen LogP contribution in [0.15, 0.2) is 48.1 Å². The maximum atomic E-state index is 6.22. The van der Waals surface area contributed by atoms with Gasteiger partial charge >= 0.3 is 0 Å². The van der Waals surface area contributed by atoms with Gasteiger partial charge in [-0.25, -0.2) is 0 Å². The number of hydrogen-bond donors (Lipinski definition) is 0. The van der Waals surface area contributed by atoms with Crippen LogP contribution in [0.1, 0.15) is 5.56 Å². The molecule has 1 fully saturated rings. The predicted octanol–water partition coefficient (Wildman–Crippen LogP) is 2.35. The van der Waals surface area contributed by atoms with Crippen molar-refractivity contribution in [3.63, 3.8) is 0 Å². The number of fused-ring (bicyclic) bond motifs is 2. The largest absolute Gasteiger partial charge is 0.485 e. The number of ether oxygens (including phenoxy) is 1. The third-order valence-corrected chi connectivity index (χ3v) is 5.05. The van der Waals surface area contributed by atoms with Gasteiger partial charge in [-0.3, -0.25) is 4.90 Å². The second kappa shape index (κ2) is 5.90. The van der Waals surface area contributed by atoms with Crippen molar-refractivity contribution in [2.45, 2.75) is 12.5 Å². The Kier molecular flexibility index (Phi) is 3.77. The zero-order valence-corrected chi connectivity index (χ0v) is 13.2. The van der Waals surface area contributed by atoms with E-state index in [1.807, 2.05) is 0 Å². The molecule has 0 aromatic heterocycles. The molecule has 4 rings (SSSR count). The molecule has 0 saturated carbocycles. The van der Waals surface area contributed by atoms with Gasteiger partial charge < -0.3 is 9.64 Å². The molecule has 22 heavy (non-hydrogen) atoms. The Labute approximate surface area is 132 Å². The van der Waals surface area contributed by atoms with E-state index in [-0.39, 0.29) is 6.10 Å². The van der Waals surface area contributed by atoms with Crippen LogP contribution in [0, 0.1) is 5.92 Å². The Bertz CT molecular complexity index is 599. The second-order valence-corrected chi connectivity index (χ2v) is 6.74. The lowest BCUT2D eigenvalue weighted by Crippen LogP contribution is -2.45. The highest BCUT2D eigenvalue weighted by Crippen LogP contribution is 2.34. The van der Waals surface area contributed by atoms with Crippen molar-refractivity contribution in [2.75, 3.05) is 39.8 Å². The van der Waals surface area contributed by atoms with E-state index in [1.165, 1.54) is 37.3 Å². The summed E-state index contributed by atoms with van der Waals surface area (Å²) in [6.07, 6.45) is 8.32. The van der Waals surface area contributed by atoms with Crippen LogP contribution in [-0.2, 0) is 6.42 Å². The molecule has 1 aliphatic carbocycles. The normalized spacial score (nSPS) is 28.5. The second-order valence-electron chi connectivity index (χ2n) is 6.74. The summed E-state index contributed by atoms with van der Waals surface area (Å²) in [5.74, 6) is 1.56. The lowest BCUT2D eigenvalue weighted by molar-refractivity contribution is 0.159. The number of hydrogen-bond acceptors (Lipinski definition) is 3. The average Bonchev–Trinajstić information content (AvgIpc) is 2.55. The molecule has 1 saturated heterocycles. The van der Waals surface area contributed by atoms with Crippen molar-refractivity contribution < 1.29 is 4.74 Å². The maximum absolute atomic E-state index is 6.22. The standard InChI is InChI=1S/C19H24N2O/c1-20-8-10-21(11-9-20)14-15-6-7-17-13-16-4-2-3-5-18(16)22-19(17)12-15/h2-7,12,17,19H,8-11,13-14H2,1H3. The number of likely N-dealkylation sites (N-methyl/N-ethyl adjacent to an activating group) is 1. The summed E-state index contributed by atoms with van der Waals surface area (Å²) < 4.78 is 6.22. The van der Waals surface area contributed by atoms with Gasteiger partial charge in [-0.05, 0) is 36.7 Å². The number of piperazine rings is 1. The molecule has 2 atom stereocenters. The van der Waals surface area contributed by atoms with Crippen LogP contribution >= 0.6 is 0 Å². The summed E-state index contributed by atoms with van der Waals surface area (Å²) in [6.45, 7) is 5.73. The molecule has 1 aromatic carbocycles. The SMILES string of the molecule is CN1CCN(CC2=CC3Oc4ccccc4CC3C=C2)CC1. The Morgan fingerprint density at radius 3 is 2.82 bits per heavy atom. The molecule has 2 heterocycles. The van der Waals surface area contributed by atoms with Gasteiger partial charge in [0.2, 0.25) is 0 Å². The minimum Gasteiger partial charge on any atom is -0.485 e. The minimum atomic E-state index is 0.211. The minimum absolute atomic E-state index is 0.211. The van der Waals surface area contributed by atoms with Crippen molar-refractivity contribution in [3.8, 4) is 5.75 Å². The summed E-state index contributed by atoms with van der Waals surface area (Å²) in [5, 5.41) is 0. The van der Waals surface area contributed by atoms with Crippen molar-refractivity contribution in [2.24, 2.45) is 5.92 Å². The number of nitrogens with zero attached hydrogens (tertiary/aromatic N) is 2. The molecule has 0 spiro atoms. The molecule has 1 aromatic rings. The summed E-state index contributed by atoms with van der Waals surface area (Å²) in [7, 11) is 2.20. The molecular formula is C19H24N2O. The van der Waals surface area contributed by atoms with Gasteiger partial charge in [0.05, 0.1) is 0 Å². The van der Waals surface area contributed by atoms with E-state index >= 15 is 0 Å². The van der Waals surface area contributed by atoms with E-state index in [1.54, 1.807) is 0 Å². The lowest BCUT2D eigenvalue weighted by atomic mass is 9.86. The van der Waals surface area contributed by atoms with Crippen molar-refractivity contribution in [1.29, 1.82) is 0 Å². The molecule has 3 heteroatoms. The highest BCUT2D eigenvalue weighted by Gasteiger charge is 2.29. The third kappa shape index (κ3) is 2.83. The lowest BCUT2D eigenvalue weighted by Gasteiger charge is -2.35. The zero-order chi connectivity index (χ0) is 14.9. The molecule has 3 nitrogen and oxygen atoms in total. The highest BCUT2D eigenvalue weighted by atomic mass is 16.5. The molecule has 0 N–H and O–H groups in total. The first-order valence-electron chi connectivity index (χ1n) is 8.32. The van der Waals surface area contributed by atoms with Crippen molar-refractivity contribution >= 4 is 0 Å². The number of benzene rings is 1. The molecule has 0 bridgehead atoms. The van der Waals surface area contributed by atoms with E-state index < -0.39 is 0 Å². The topological polar surface area (TPSA) is 15.7 Å². The van der Waals surface area contributed by atoms with E-state index in [9.17, 15) is 0 Å². The molecule has 2 aliphatic heterocycles. The first kappa shape index (κ1) is 14.0. The van der Waals surface area contributed by atoms with E-state index in [0.29, 0.717) is 5.92 Å². The van der Waals surface area contributed by atoms with Gasteiger partial charge in [0, 0.05) is 38.6 Å². The van der Waals surface area contributed by atoms with E-state index in [2.05, 4.69) is 59.3 Å². The van der Waals surface area contributed by atoms with Crippen LogP contribution in [0.3, 0.4) is 0 Å². The van der Waals surface area contributed by atoms with Crippen LogP contribution in [-0.4, -0.2) is 55.7 Å². The first-order valence-corrected chi connectivity index (χ1v) is 8.32. The summed E-state index contributed by atoms with van der Waals surface area (Å²) in [6, 6.07) is 8.44.